The van der Waals surface area contributed by atoms with Crippen LogP contribution in [0.4, 0.5) is 5.69 Å². The van der Waals surface area contributed by atoms with E-state index in [1.54, 1.807) is 31.2 Å². The van der Waals surface area contributed by atoms with E-state index < -0.39 is 6.10 Å². The number of nitrogens with one attached hydrogen (secondary N) is 1. The highest BCUT2D eigenvalue weighted by atomic mass is 16.5. The van der Waals surface area contributed by atoms with Crippen molar-refractivity contribution < 1.29 is 14.3 Å². The van der Waals surface area contributed by atoms with Gasteiger partial charge in [-0.1, -0.05) is 26.0 Å². The van der Waals surface area contributed by atoms with Crippen molar-refractivity contribution in [1.29, 1.82) is 0 Å². The molecule has 0 saturated heterocycles. The molecule has 2 rings (SSSR count). The Balaban J connectivity index is 1.95. The van der Waals surface area contributed by atoms with Crippen molar-refractivity contribution in [3.8, 4) is 5.75 Å². The molecule has 0 aliphatic carbocycles. The highest BCUT2D eigenvalue weighted by Gasteiger charge is 2.15. The second kappa shape index (κ2) is 7.77. The molecular formula is C20H23NO3. The third-order valence-corrected chi connectivity index (χ3v) is 3.79. The van der Waals surface area contributed by atoms with Gasteiger partial charge in [0.25, 0.3) is 5.91 Å². The molecule has 0 spiro atoms. The molecule has 126 valence electrons. The van der Waals surface area contributed by atoms with Crippen molar-refractivity contribution in [2.45, 2.75) is 39.7 Å². The van der Waals surface area contributed by atoms with Crippen LogP contribution in [-0.4, -0.2) is 17.8 Å². The molecule has 4 nitrogen and oxygen atoms in total. The Morgan fingerprint density at radius 3 is 2.00 bits per heavy atom. The molecule has 0 saturated carbocycles. The fourth-order valence-electron chi connectivity index (χ4n) is 2.22. The topological polar surface area (TPSA) is 55.4 Å². The van der Waals surface area contributed by atoms with Gasteiger partial charge in [-0.25, -0.2) is 0 Å². The fraction of sp³-hybridized carbons (Fsp3) is 0.300. The van der Waals surface area contributed by atoms with E-state index in [1.807, 2.05) is 24.3 Å². The molecule has 0 bridgehead atoms. The van der Waals surface area contributed by atoms with E-state index >= 15 is 0 Å². The van der Waals surface area contributed by atoms with Crippen LogP contribution in [0.3, 0.4) is 0 Å². The largest absolute Gasteiger partial charge is 0.481 e. The lowest BCUT2D eigenvalue weighted by Crippen LogP contribution is -2.30. The predicted molar refractivity (Wildman–Crippen MR) is 95.7 cm³/mol. The van der Waals surface area contributed by atoms with Crippen LogP contribution in [0, 0.1) is 0 Å². The minimum absolute atomic E-state index is 0.00516. The monoisotopic (exact) mass is 325 g/mol. The van der Waals surface area contributed by atoms with Crippen LogP contribution in [0.5, 0.6) is 5.75 Å². The maximum atomic E-state index is 12.2. The Labute approximate surface area is 142 Å². The first-order valence-corrected chi connectivity index (χ1v) is 8.05. The van der Waals surface area contributed by atoms with Gasteiger partial charge in [-0.2, -0.15) is 0 Å². The highest BCUT2D eigenvalue weighted by molar-refractivity contribution is 5.96. The van der Waals surface area contributed by atoms with Crippen LogP contribution < -0.4 is 10.1 Å². The van der Waals surface area contributed by atoms with Gasteiger partial charge >= 0.3 is 0 Å². The van der Waals surface area contributed by atoms with Gasteiger partial charge in [0.2, 0.25) is 0 Å². The molecule has 4 heteroatoms. The second-order valence-electron chi connectivity index (χ2n) is 6.11. The van der Waals surface area contributed by atoms with Crippen LogP contribution in [0.2, 0.25) is 0 Å². The van der Waals surface area contributed by atoms with Gasteiger partial charge in [-0.05, 0) is 61.7 Å². The lowest BCUT2D eigenvalue weighted by Gasteiger charge is -2.15. The number of hydrogen-bond donors (Lipinski definition) is 1. The number of ether oxygens (including phenoxy) is 1. The summed E-state index contributed by atoms with van der Waals surface area (Å²) in [6.07, 6.45) is -0.623. The van der Waals surface area contributed by atoms with E-state index in [0.717, 1.165) is 0 Å². The van der Waals surface area contributed by atoms with E-state index in [9.17, 15) is 9.59 Å². The van der Waals surface area contributed by atoms with Crippen LogP contribution in [0.15, 0.2) is 48.5 Å². The van der Waals surface area contributed by atoms with Gasteiger partial charge < -0.3 is 10.1 Å². The van der Waals surface area contributed by atoms with Gasteiger partial charge in [-0.3, -0.25) is 9.59 Å². The second-order valence-corrected chi connectivity index (χ2v) is 6.11. The number of anilines is 1. The Bertz CT molecular complexity index is 703. The average molecular weight is 325 g/mol. The highest BCUT2D eigenvalue weighted by Crippen LogP contribution is 2.20. The lowest BCUT2D eigenvalue weighted by molar-refractivity contribution is -0.122. The molecule has 0 fully saturated rings. The van der Waals surface area contributed by atoms with E-state index in [2.05, 4.69) is 19.2 Å². The van der Waals surface area contributed by atoms with Crippen molar-refractivity contribution >= 4 is 17.4 Å². The maximum Gasteiger partial charge on any atom is 0.265 e. The Hall–Kier alpha value is -2.62. The van der Waals surface area contributed by atoms with Crippen molar-refractivity contribution in [2.75, 3.05) is 5.32 Å². The first-order valence-electron chi connectivity index (χ1n) is 8.05. The van der Waals surface area contributed by atoms with Crippen molar-refractivity contribution in [3.05, 3.63) is 59.7 Å². The molecule has 0 aromatic heterocycles. The molecule has 1 atom stereocenters. The minimum Gasteiger partial charge on any atom is -0.481 e. The zero-order valence-electron chi connectivity index (χ0n) is 14.5. The van der Waals surface area contributed by atoms with Crippen molar-refractivity contribution in [3.63, 3.8) is 0 Å². The zero-order chi connectivity index (χ0) is 17.7. The van der Waals surface area contributed by atoms with E-state index in [0.29, 0.717) is 22.9 Å². The lowest BCUT2D eigenvalue weighted by atomic mass is 10.0. The number of carbonyl (C=O) groups is 2. The number of benzene rings is 2. The summed E-state index contributed by atoms with van der Waals surface area (Å²) in [6.45, 7) is 7.47. The molecule has 24 heavy (non-hydrogen) atoms. The first kappa shape index (κ1) is 17.7. The SMILES string of the molecule is CC(=O)c1ccc(NC(=O)[C@H](C)Oc2ccc(C(C)C)cc2)cc1. The average Bonchev–Trinajstić information content (AvgIpc) is 2.55. The van der Waals surface area contributed by atoms with Crippen LogP contribution >= 0.6 is 0 Å². The molecule has 0 radical (unpaired) electrons. The summed E-state index contributed by atoms with van der Waals surface area (Å²) >= 11 is 0. The fourth-order valence-corrected chi connectivity index (χ4v) is 2.22. The third-order valence-electron chi connectivity index (χ3n) is 3.79. The summed E-state index contributed by atoms with van der Waals surface area (Å²) in [5.41, 5.74) is 2.48. The molecular weight excluding hydrogens is 302 g/mol. The normalized spacial score (nSPS) is 11.9. The summed E-state index contributed by atoms with van der Waals surface area (Å²) in [5.74, 6) is 0.875. The smallest absolute Gasteiger partial charge is 0.265 e. The number of amides is 1. The Morgan fingerprint density at radius 1 is 0.917 bits per heavy atom. The number of Topliss-reactive ketones (excluding diaryl/α,β-unsaturated/α-hetero) is 1. The molecule has 2 aromatic carbocycles. The number of carbonyl (C=O) groups excluding carboxylic acids is 2. The number of rotatable bonds is 6. The van der Waals surface area contributed by atoms with E-state index in [1.165, 1.54) is 12.5 Å². The summed E-state index contributed by atoms with van der Waals surface area (Å²) in [6, 6.07) is 14.6. The Kier molecular flexibility index (Phi) is 5.74. The summed E-state index contributed by atoms with van der Waals surface area (Å²) in [5, 5.41) is 2.78. The standard InChI is InChI=1S/C20H23NO3/c1-13(2)16-7-11-19(12-8-16)24-15(4)20(23)21-18-9-5-17(6-10-18)14(3)22/h5-13,15H,1-4H3,(H,21,23)/t15-/m0/s1. The van der Waals surface area contributed by atoms with Crippen LogP contribution in [-0.2, 0) is 4.79 Å². The zero-order valence-corrected chi connectivity index (χ0v) is 14.5. The van der Waals surface area contributed by atoms with Crippen molar-refractivity contribution in [2.24, 2.45) is 0 Å². The van der Waals surface area contributed by atoms with Crippen LogP contribution in [0.1, 0.15) is 49.5 Å². The van der Waals surface area contributed by atoms with Crippen LogP contribution in [0.25, 0.3) is 0 Å². The quantitative estimate of drug-likeness (QED) is 0.800. The summed E-state index contributed by atoms with van der Waals surface area (Å²) < 4.78 is 5.68. The molecule has 0 aliphatic rings. The first-order chi connectivity index (χ1) is 11.4. The van der Waals surface area contributed by atoms with Crippen molar-refractivity contribution in [1.82, 2.24) is 0 Å². The van der Waals surface area contributed by atoms with Gasteiger partial charge in [0, 0.05) is 11.3 Å². The molecule has 0 heterocycles. The number of ketones is 1. The number of hydrogen-bond acceptors (Lipinski definition) is 3. The molecule has 1 N–H and O–H groups in total. The van der Waals surface area contributed by atoms with Gasteiger partial charge in [0.1, 0.15) is 5.75 Å². The summed E-state index contributed by atoms with van der Waals surface area (Å²) in [4.78, 5) is 23.5. The molecule has 0 aliphatic heterocycles. The predicted octanol–water partition coefficient (Wildman–Crippen LogP) is 4.42. The van der Waals surface area contributed by atoms with E-state index in [-0.39, 0.29) is 11.7 Å². The molecule has 0 unspecified atom stereocenters. The van der Waals surface area contributed by atoms with Gasteiger partial charge in [-0.15, -0.1) is 0 Å². The van der Waals surface area contributed by atoms with Gasteiger partial charge in [0.05, 0.1) is 0 Å². The molecule has 2 aromatic rings. The molecule has 1 amide bonds. The van der Waals surface area contributed by atoms with E-state index in [4.69, 9.17) is 4.74 Å². The maximum absolute atomic E-state index is 12.2. The van der Waals surface area contributed by atoms with Gasteiger partial charge in [0.15, 0.2) is 11.9 Å². The Morgan fingerprint density at radius 2 is 1.50 bits per heavy atom. The third kappa shape index (κ3) is 4.69. The summed E-state index contributed by atoms with van der Waals surface area (Å²) in [7, 11) is 0. The minimum atomic E-state index is -0.623.